The molecule has 0 unspecified atom stereocenters. The Hall–Kier alpha value is -2.03. The van der Waals surface area contributed by atoms with Crippen molar-refractivity contribution >= 4 is 69.6 Å². The first kappa shape index (κ1) is 26.6. The van der Waals surface area contributed by atoms with E-state index in [0.29, 0.717) is 16.8 Å². The molecule has 0 saturated heterocycles. The predicted molar refractivity (Wildman–Crippen MR) is 128 cm³/mol. The predicted octanol–water partition coefficient (Wildman–Crippen LogP) is 8.99. The summed E-state index contributed by atoms with van der Waals surface area (Å²) in [6.45, 7) is 1.50. The Bertz CT molecular complexity index is 1220. The second-order valence-corrected chi connectivity index (χ2v) is 8.76. The van der Waals surface area contributed by atoms with Crippen molar-refractivity contribution in [2.75, 3.05) is 5.32 Å². The van der Waals surface area contributed by atoms with Crippen LogP contribution in [0.3, 0.4) is 0 Å². The molecule has 1 amide bonds. The Morgan fingerprint density at radius 1 is 0.941 bits per heavy atom. The number of carbonyl (C=O) groups is 1. The van der Waals surface area contributed by atoms with Crippen molar-refractivity contribution in [1.29, 1.82) is 0 Å². The number of amides is 1. The number of hydrogen-bond acceptors (Lipinski definition) is 3. The van der Waals surface area contributed by atoms with E-state index in [1.807, 2.05) is 0 Å². The summed E-state index contributed by atoms with van der Waals surface area (Å²) in [7, 11) is 0. The highest BCUT2D eigenvalue weighted by molar-refractivity contribution is 6.53. The fourth-order valence-corrected chi connectivity index (χ4v) is 4.16. The highest BCUT2D eigenvalue weighted by Gasteiger charge is 2.31. The molecule has 34 heavy (non-hydrogen) atoms. The van der Waals surface area contributed by atoms with Gasteiger partial charge >= 0.3 is 6.36 Å². The summed E-state index contributed by atoms with van der Waals surface area (Å²) in [6.07, 6.45) is -4.80. The number of nitrogens with one attached hydrogen (secondary N) is 1. The molecule has 0 radical (unpaired) electrons. The van der Waals surface area contributed by atoms with Crippen molar-refractivity contribution in [2.24, 2.45) is 0 Å². The van der Waals surface area contributed by atoms with Gasteiger partial charge in [-0.3, -0.25) is 4.79 Å². The first-order valence-corrected chi connectivity index (χ1v) is 11.2. The number of benzene rings is 3. The molecule has 0 saturated carbocycles. The summed E-state index contributed by atoms with van der Waals surface area (Å²) in [5, 5.41) is 2.84. The van der Waals surface area contributed by atoms with E-state index in [-0.39, 0.29) is 48.8 Å². The molecule has 4 nitrogen and oxygen atoms in total. The maximum Gasteiger partial charge on any atom is 0.573 e. The monoisotopic (exact) mass is 571 g/mol. The number of ether oxygens (including phenoxy) is 2. The Morgan fingerprint density at radius 3 is 2.26 bits per heavy atom. The lowest BCUT2D eigenvalue weighted by atomic mass is 10.1. The van der Waals surface area contributed by atoms with Gasteiger partial charge in [0.05, 0.1) is 30.7 Å². The van der Waals surface area contributed by atoms with E-state index in [1.54, 1.807) is 13.0 Å². The summed E-state index contributed by atoms with van der Waals surface area (Å²) in [5.41, 5.74) is 1.15. The van der Waals surface area contributed by atoms with Crippen LogP contribution in [0.2, 0.25) is 25.1 Å². The molecule has 1 N–H and O–H groups in total. The van der Waals surface area contributed by atoms with Crippen LogP contribution >= 0.6 is 58.0 Å². The molecular formula is C22H13Cl5F3NO3. The van der Waals surface area contributed by atoms with Gasteiger partial charge in [0.25, 0.3) is 5.91 Å². The minimum absolute atomic E-state index is 0.0439. The first-order valence-electron chi connectivity index (χ1n) is 9.28. The third kappa shape index (κ3) is 6.34. The average Bonchev–Trinajstić information content (AvgIpc) is 2.75. The van der Waals surface area contributed by atoms with E-state index in [2.05, 4.69) is 10.1 Å². The fraction of sp³-hybridized carbons (Fsp3) is 0.136. The lowest BCUT2D eigenvalue weighted by Crippen LogP contribution is -2.17. The highest BCUT2D eigenvalue weighted by Crippen LogP contribution is 2.41. The van der Waals surface area contributed by atoms with E-state index in [9.17, 15) is 18.0 Å². The Balaban J connectivity index is 1.72. The Morgan fingerprint density at radius 2 is 1.62 bits per heavy atom. The van der Waals surface area contributed by atoms with Gasteiger partial charge in [-0.25, -0.2) is 0 Å². The Labute approximate surface area is 217 Å². The van der Waals surface area contributed by atoms with Crippen LogP contribution in [0.5, 0.6) is 11.5 Å². The molecule has 3 aromatic carbocycles. The van der Waals surface area contributed by atoms with Gasteiger partial charge in [-0.05, 0) is 48.4 Å². The van der Waals surface area contributed by atoms with Gasteiger partial charge in [0, 0.05) is 5.69 Å². The second kappa shape index (κ2) is 10.7. The third-order valence-electron chi connectivity index (χ3n) is 4.45. The number of hydrogen-bond donors (Lipinski definition) is 1. The average molecular weight is 574 g/mol. The molecule has 0 aliphatic heterocycles. The molecule has 0 aromatic heterocycles. The van der Waals surface area contributed by atoms with Crippen molar-refractivity contribution in [3.8, 4) is 11.5 Å². The molecule has 3 rings (SSSR count). The molecule has 0 aliphatic rings. The quantitative estimate of drug-likeness (QED) is 0.237. The second-order valence-electron chi connectivity index (χ2n) is 6.84. The summed E-state index contributed by atoms with van der Waals surface area (Å²) in [6, 6.07) is 9.79. The number of halogens is 8. The maximum absolute atomic E-state index is 12.8. The van der Waals surface area contributed by atoms with Crippen LogP contribution < -0.4 is 14.8 Å². The van der Waals surface area contributed by atoms with Crippen LogP contribution in [-0.4, -0.2) is 12.3 Å². The van der Waals surface area contributed by atoms with E-state index in [4.69, 9.17) is 62.7 Å². The molecule has 0 fully saturated rings. The van der Waals surface area contributed by atoms with Crippen molar-refractivity contribution in [2.45, 2.75) is 19.9 Å². The van der Waals surface area contributed by atoms with Crippen molar-refractivity contribution in [3.05, 3.63) is 84.3 Å². The smallest absolute Gasteiger partial charge is 0.487 e. The largest absolute Gasteiger partial charge is 0.573 e. The van der Waals surface area contributed by atoms with Gasteiger partial charge in [-0.15, -0.1) is 13.2 Å². The minimum atomic E-state index is -4.80. The van der Waals surface area contributed by atoms with Crippen molar-refractivity contribution in [1.82, 2.24) is 0 Å². The van der Waals surface area contributed by atoms with Crippen molar-refractivity contribution < 1.29 is 27.4 Å². The van der Waals surface area contributed by atoms with Crippen LogP contribution in [0.4, 0.5) is 18.9 Å². The number of carbonyl (C=O) groups excluding carboxylic acids is 1. The zero-order chi connectivity index (χ0) is 25.2. The fourth-order valence-electron chi connectivity index (χ4n) is 2.89. The van der Waals surface area contributed by atoms with E-state index in [1.165, 1.54) is 36.4 Å². The van der Waals surface area contributed by atoms with E-state index >= 15 is 0 Å². The first-order chi connectivity index (χ1) is 15.9. The molecule has 0 bridgehead atoms. The molecule has 0 atom stereocenters. The maximum atomic E-state index is 12.8. The zero-order valence-corrected chi connectivity index (χ0v) is 20.8. The van der Waals surface area contributed by atoms with Gasteiger partial charge in [0.2, 0.25) is 0 Å². The lowest BCUT2D eigenvalue weighted by Gasteiger charge is -2.15. The normalized spacial score (nSPS) is 11.3. The van der Waals surface area contributed by atoms with Crippen LogP contribution in [0, 0.1) is 6.92 Å². The number of rotatable bonds is 6. The third-order valence-corrected chi connectivity index (χ3v) is 6.64. The van der Waals surface area contributed by atoms with Gasteiger partial charge in [0.1, 0.15) is 18.1 Å². The number of anilines is 1. The molecular weight excluding hydrogens is 561 g/mol. The topological polar surface area (TPSA) is 47.6 Å². The molecule has 0 spiro atoms. The Kier molecular flexibility index (Phi) is 8.37. The SMILES string of the molecule is Cc1c(Cl)c(Cl)c(Cl)c(Cl)c1C(=O)Nc1ccc(OCc2cccc(OC(F)(F)F)c2)c(Cl)c1. The van der Waals surface area contributed by atoms with Crippen LogP contribution in [0.1, 0.15) is 21.5 Å². The van der Waals surface area contributed by atoms with Crippen molar-refractivity contribution in [3.63, 3.8) is 0 Å². The lowest BCUT2D eigenvalue weighted by molar-refractivity contribution is -0.274. The summed E-state index contributed by atoms with van der Waals surface area (Å²) in [5.74, 6) is -0.711. The van der Waals surface area contributed by atoms with Gasteiger partial charge in [0.15, 0.2) is 0 Å². The molecule has 12 heteroatoms. The van der Waals surface area contributed by atoms with Gasteiger partial charge in [-0.1, -0.05) is 70.1 Å². The summed E-state index contributed by atoms with van der Waals surface area (Å²) in [4.78, 5) is 12.8. The standard InChI is InChI=1S/C22H13Cl5F3NO3/c1-10-16(18(25)20(27)19(26)17(10)24)21(32)31-12-5-6-15(14(23)8-12)33-9-11-3-2-4-13(7-11)34-22(28,29)30/h2-8H,9H2,1H3,(H,31,32). The molecule has 0 heterocycles. The van der Waals surface area contributed by atoms with Gasteiger partial charge < -0.3 is 14.8 Å². The summed E-state index contributed by atoms with van der Waals surface area (Å²) >= 11 is 30.6. The van der Waals surface area contributed by atoms with E-state index in [0.717, 1.165) is 0 Å². The summed E-state index contributed by atoms with van der Waals surface area (Å²) < 4.78 is 46.6. The number of alkyl halides is 3. The van der Waals surface area contributed by atoms with Crippen LogP contribution in [-0.2, 0) is 6.61 Å². The van der Waals surface area contributed by atoms with Crippen LogP contribution in [0.15, 0.2) is 42.5 Å². The molecule has 0 aliphatic carbocycles. The minimum Gasteiger partial charge on any atom is -0.487 e. The van der Waals surface area contributed by atoms with E-state index < -0.39 is 12.3 Å². The van der Waals surface area contributed by atoms with Gasteiger partial charge in [-0.2, -0.15) is 0 Å². The zero-order valence-electron chi connectivity index (χ0n) is 17.0. The molecule has 3 aromatic rings. The highest BCUT2D eigenvalue weighted by atomic mass is 35.5. The van der Waals surface area contributed by atoms with Crippen LogP contribution in [0.25, 0.3) is 0 Å². The molecule has 180 valence electrons.